The predicted molar refractivity (Wildman–Crippen MR) is 99.6 cm³/mol. The molecule has 3 N–H and O–H groups in total. The lowest BCUT2D eigenvalue weighted by atomic mass is 10.1. The number of carbonyl (C=O) groups excluding carboxylic acids is 2. The summed E-state index contributed by atoms with van der Waals surface area (Å²) in [6, 6.07) is 6.33. The SMILES string of the molecule is CC(O)C(NC(=O)C1CC(=O)N(c2ccc(N3CCCC3)cc2)C1)C(=O)O. The van der Waals surface area contributed by atoms with Gasteiger partial charge in [0.1, 0.15) is 0 Å². The lowest BCUT2D eigenvalue weighted by molar-refractivity contribution is -0.145. The second kappa shape index (κ2) is 7.96. The first-order chi connectivity index (χ1) is 12.9. The summed E-state index contributed by atoms with van der Waals surface area (Å²) in [5.41, 5.74) is 1.85. The first-order valence-corrected chi connectivity index (χ1v) is 9.23. The van der Waals surface area contributed by atoms with Crippen LogP contribution in [0.2, 0.25) is 0 Å². The molecule has 3 atom stereocenters. The molecule has 3 rings (SSSR count). The minimum Gasteiger partial charge on any atom is -0.480 e. The molecule has 3 unspecified atom stereocenters. The molecule has 0 saturated carbocycles. The van der Waals surface area contributed by atoms with E-state index < -0.39 is 29.9 Å². The number of carboxylic acid groups (broad SMARTS) is 1. The Balaban J connectivity index is 1.64. The molecule has 1 aromatic carbocycles. The molecule has 146 valence electrons. The zero-order chi connectivity index (χ0) is 19.6. The van der Waals surface area contributed by atoms with Crippen LogP contribution in [0.4, 0.5) is 11.4 Å². The van der Waals surface area contributed by atoms with E-state index in [-0.39, 0.29) is 18.9 Å². The number of amides is 2. The second-order valence-corrected chi connectivity index (χ2v) is 7.18. The summed E-state index contributed by atoms with van der Waals surface area (Å²) in [5, 5.41) is 20.9. The highest BCUT2D eigenvalue weighted by Gasteiger charge is 2.37. The number of nitrogens with one attached hydrogen (secondary N) is 1. The first kappa shape index (κ1) is 19.2. The Morgan fingerprint density at radius 1 is 1.15 bits per heavy atom. The number of nitrogens with zero attached hydrogens (tertiary/aromatic N) is 2. The van der Waals surface area contributed by atoms with Crippen LogP contribution in [-0.4, -0.2) is 59.8 Å². The summed E-state index contributed by atoms with van der Waals surface area (Å²) in [7, 11) is 0. The fourth-order valence-electron chi connectivity index (χ4n) is 3.61. The van der Waals surface area contributed by atoms with Crippen LogP contribution in [0.15, 0.2) is 24.3 Å². The summed E-state index contributed by atoms with van der Waals surface area (Å²) in [6.45, 7) is 3.57. The van der Waals surface area contributed by atoms with Gasteiger partial charge in [0.05, 0.1) is 12.0 Å². The summed E-state index contributed by atoms with van der Waals surface area (Å²) < 4.78 is 0. The number of rotatable bonds is 6. The minimum atomic E-state index is -1.39. The number of carboxylic acids is 1. The topological polar surface area (TPSA) is 110 Å². The van der Waals surface area contributed by atoms with Gasteiger partial charge >= 0.3 is 5.97 Å². The van der Waals surface area contributed by atoms with Crippen molar-refractivity contribution in [1.29, 1.82) is 0 Å². The van der Waals surface area contributed by atoms with Crippen LogP contribution < -0.4 is 15.1 Å². The zero-order valence-corrected chi connectivity index (χ0v) is 15.3. The third kappa shape index (κ3) is 4.21. The van der Waals surface area contributed by atoms with E-state index >= 15 is 0 Å². The molecule has 8 nitrogen and oxygen atoms in total. The van der Waals surface area contributed by atoms with Crippen molar-refractivity contribution >= 4 is 29.2 Å². The molecule has 2 aliphatic heterocycles. The summed E-state index contributed by atoms with van der Waals surface area (Å²) in [6.07, 6.45) is 1.17. The highest BCUT2D eigenvalue weighted by atomic mass is 16.4. The molecule has 2 fully saturated rings. The van der Waals surface area contributed by atoms with Crippen LogP contribution in [0.5, 0.6) is 0 Å². The number of hydrogen-bond acceptors (Lipinski definition) is 5. The molecule has 2 amide bonds. The van der Waals surface area contributed by atoms with Crippen LogP contribution in [-0.2, 0) is 14.4 Å². The maximum absolute atomic E-state index is 12.4. The molecule has 0 radical (unpaired) electrons. The van der Waals surface area contributed by atoms with Crippen molar-refractivity contribution in [3.05, 3.63) is 24.3 Å². The molecule has 1 aromatic rings. The van der Waals surface area contributed by atoms with E-state index in [1.165, 1.54) is 19.8 Å². The van der Waals surface area contributed by atoms with Gasteiger partial charge in [0.25, 0.3) is 0 Å². The van der Waals surface area contributed by atoms with Crippen LogP contribution in [0, 0.1) is 5.92 Å². The Labute approximate surface area is 157 Å². The van der Waals surface area contributed by atoms with Gasteiger partial charge in [0.15, 0.2) is 6.04 Å². The Morgan fingerprint density at radius 2 is 1.74 bits per heavy atom. The van der Waals surface area contributed by atoms with Crippen molar-refractivity contribution in [2.24, 2.45) is 5.92 Å². The second-order valence-electron chi connectivity index (χ2n) is 7.18. The van der Waals surface area contributed by atoms with Gasteiger partial charge in [-0.3, -0.25) is 9.59 Å². The summed E-state index contributed by atoms with van der Waals surface area (Å²) >= 11 is 0. The molecule has 2 heterocycles. The molecule has 0 bridgehead atoms. The maximum atomic E-state index is 12.4. The van der Waals surface area contributed by atoms with E-state index in [2.05, 4.69) is 10.2 Å². The molecule has 2 aliphatic rings. The van der Waals surface area contributed by atoms with Gasteiger partial charge in [0.2, 0.25) is 11.8 Å². The number of aliphatic hydroxyl groups excluding tert-OH is 1. The monoisotopic (exact) mass is 375 g/mol. The lowest BCUT2D eigenvalue weighted by Gasteiger charge is -2.21. The van der Waals surface area contributed by atoms with Gasteiger partial charge in [-0.1, -0.05) is 0 Å². The lowest BCUT2D eigenvalue weighted by Crippen LogP contribution is -2.49. The number of benzene rings is 1. The average molecular weight is 375 g/mol. The smallest absolute Gasteiger partial charge is 0.328 e. The van der Waals surface area contributed by atoms with Crippen molar-refractivity contribution < 1.29 is 24.6 Å². The molecule has 0 aliphatic carbocycles. The van der Waals surface area contributed by atoms with E-state index in [1.807, 2.05) is 24.3 Å². The van der Waals surface area contributed by atoms with Crippen molar-refractivity contribution in [3.63, 3.8) is 0 Å². The van der Waals surface area contributed by atoms with Gasteiger partial charge in [-0.15, -0.1) is 0 Å². The molecule has 27 heavy (non-hydrogen) atoms. The zero-order valence-electron chi connectivity index (χ0n) is 15.3. The summed E-state index contributed by atoms with van der Waals surface area (Å²) in [5.74, 6) is -2.66. The maximum Gasteiger partial charge on any atom is 0.328 e. The van der Waals surface area contributed by atoms with Crippen LogP contribution in [0.3, 0.4) is 0 Å². The van der Waals surface area contributed by atoms with Crippen molar-refractivity contribution in [1.82, 2.24) is 5.32 Å². The Bertz CT molecular complexity index is 713. The largest absolute Gasteiger partial charge is 0.480 e. The van der Waals surface area contributed by atoms with Crippen molar-refractivity contribution in [2.45, 2.75) is 38.3 Å². The highest BCUT2D eigenvalue weighted by molar-refractivity contribution is 6.01. The molecular weight excluding hydrogens is 350 g/mol. The van der Waals surface area contributed by atoms with Crippen molar-refractivity contribution in [3.8, 4) is 0 Å². The van der Waals surface area contributed by atoms with E-state index in [0.717, 1.165) is 24.5 Å². The van der Waals surface area contributed by atoms with Crippen LogP contribution in [0.25, 0.3) is 0 Å². The normalized spacial score (nSPS) is 22.0. The predicted octanol–water partition coefficient (Wildman–Crippen LogP) is 0.590. The molecule has 0 aromatic heterocycles. The number of anilines is 2. The fraction of sp³-hybridized carbons (Fsp3) is 0.526. The van der Waals surface area contributed by atoms with Crippen LogP contribution >= 0.6 is 0 Å². The Hall–Kier alpha value is -2.61. The third-order valence-corrected chi connectivity index (χ3v) is 5.17. The summed E-state index contributed by atoms with van der Waals surface area (Å²) in [4.78, 5) is 39.7. The standard InChI is InChI=1S/C19H25N3O5/c1-12(23)17(19(26)27)20-18(25)13-10-16(24)22(11-13)15-6-4-14(5-7-15)21-8-2-3-9-21/h4-7,12-13,17,23H,2-3,8-11H2,1H3,(H,20,25)(H,26,27). The fourth-order valence-corrected chi connectivity index (χ4v) is 3.61. The average Bonchev–Trinajstić information content (AvgIpc) is 3.29. The molecule has 8 heteroatoms. The Kier molecular flexibility index (Phi) is 5.65. The van der Waals surface area contributed by atoms with Gasteiger partial charge in [-0.25, -0.2) is 4.79 Å². The van der Waals surface area contributed by atoms with E-state index in [1.54, 1.807) is 4.90 Å². The number of carbonyl (C=O) groups is 3. The highest BCUT2D eigenvalue weighted by Crippen LogP contribution is 2.28. The number of aliphatic hydroxyl groups is 1. The molecule has 2 saturated heterocycles. The van der Waals surface area contributed by atoms with E-state index in [0.29, 0.717) is 0 Å². The van der Waals surface area contributed by atoms with Crippen LogP contribution in [0.1, 0.15) is 26.2 Å². The Morgan fingerprint density at radius 3 is 2.30 bits per heavy atom. The third-order valence-electron chi connectivity index (χ3n) is 5.17. The first-order valence-electron chi connectivity index (χ1n) is 9.23. The molecule has 0 spiro atoms. The number of aliphatic carboxylic acids is 1. The van der Waals surface area contributed by atoms with Gasteiger partial charge in [0, 0.05) is 37.4 Å². The van der Waals surface area contributed by atoms with Crippen molar-refractivity contribution in [2.75, 3.05) is 29.4 Å². The van der Waals surface area contributed by atoms with Gasteiger partial charge in [-0.2, -0.15) is 0 Å². The van der Waals surface area contributed by atoms with Gasteiger partial charge in [-0.05, 0) is 44.0 Å². The van der Waals surface area contributed by atoms with Gasteiger partial charge < -0.3 is 25.3 Å². The minimum absolute atomic E-state index is 0.0197. The number of hydrogen-bond donors (Lipinski definition) is 3. The van der Waals surface area contributed by atoms with E-state index in [4.69, 9.17) is 5.11 Å². The molecular formula is C19H25N3O5. The quantitative estimate of drug-likeness (QED) is 0.671. The van der Waals surface area contributed by atoms with E-state index in [9.17, 15) is 19.5 Å².